The van der Waals surface area contributed by atoms with Gasteiger partial charge in [-0.25, -0.2) is 8.42 Å². The van der Waals surface area contributed by atoms with Gasteiger partial charge in [-0.05, 0) is 24.5 Å². The number of benzene rings is 1. The van der Waals surface area contributed by atoms with Crippen LogP contribution in [-0.2, 0) is 16.4 Å². The van der Waals surface area contributed by atoms with Gasteiger partial charge in [-0.1, -0.05) is 26.7 Å². The standard InChI is InChI=1S/C16H25NO4S/c1-4-6-7-16(5-2)11-22(19,20)15-9-13(18)14(21-3)8-12(15)10-17-16/h8-9,17-18H,4-7,10-11H2,1-3H3/t16-/m1/s1. The zero-order valence-electron chi connectivity index (χ0n) is 13.5. The summed E-state index contributed by atoms with van der Waals surface area (Å²) in [6.45, 7) is 4.58. The number of sulfone groups is 1. The van der Waals surface area contributed by atoms with Gasteiger partial charge < -0.3 is 15.2 Å². The fourth-order valence-corrected chi connectivity index (χ4v) is 5.19. The molecule has 0 spiro atoms. The lowest BCUT2D eigenvalue weighted by Gasteiger charge is -2.32. The third-order valence-electron chi connectivity index (χ3n) is 4.50. The third kappa shape index (κ3) is 3.22. The first kappa shape index (κ1) is 17.1. The van der Waals surface area contributed by atoms with Crippen LogP contribution >= 0.6 is 0 Å². The van der Waals surface area contributed by atoms with Crippen LogP contribution in [0.3, 0.4) is 0 Å². The third-order valence-corrected chi connectivity index (χ3v) is 6.49. The molecule has 1 aromatic rings. The summed E-state index contributed by atoms with van der Waals surface area (Å²) in [6, 6.07) is 2.93. The smallest absolute Gasteiger partial charge is 0.180 e. The Morgan fingerprint density at radius 1 is 1.36 bits per heavy atom. The lowest BCUT2D eigenvalue weighted by Crippen LogP contribution is -2.48. The lowest BCUT2D eigenvalue weighted by molar-refractivity contribution is 0.313. The van der Waals surface area contributed by atoms with E-state index in [9.17, 15) is 13.5 Å². The maximum absolute atomic E-state index is 12.8. The van der Waals surface area contributed by atoms with Crippen molar-refractivity contribution in [1.29, 1.82) is 0 Å². The number of rotatable bonds is 5. The van der Waals surface area contributed by atoms with Crippen LogP contribution in [0.1, 0.15) is 45.1 Å². The highest BCUT2D eigenvalue weighted by Gasteiger charge is 2.38. The van der Waals surface area contributed by atoms with E-state index in [1.54, 1.807) is 6.07 Å². The zero-order chi connectivity index (χ0) is 16.4. The van der Waals surface area contributed by atoms with Crippen molar-refractivity contribution in [3.63, 3.8) is 0 Å². The van der Waals surface area contributed by atoms with E-state index in [1.807, 2.05) is 6.92 Å². The zero-order valence-corrected chi connectivity index (χ0v) is 14.3. The molecule has 0 saturated heterocycles. The molecule has 1 atom stereocenters. The van der Waals surface area contributed by atoms with Gasteiger partial charge in [-0.3, -0.25) is 0 Å². The minimum Gasteiger partial charge on any atom is -0.504 e. The molecule has 0 bridgehead atoms. The number of phenols is 1. The number of hydrogen-bond donors (Lipinski definition) is 2. The Morgan fingerprint density at radius 3 is 2.68 bits per heavy atom. The SMILES string of the molecule is CCCC[C@]1(CC)CS(=O)(=O)c2cc(O)c(OC)cc2CN1. The average Bonchev–Trinajstić information content (AvgIpc) is 2.60. The molecule has 22 heavy (non-hydrogen) atoms. The molecule has 124 valence electrons. The van der Waals surface area contributed by atoms with E-state index in [0.717, 1.165) is 25.7 Å². The van der Waals surface area contributed by atoms with Crippen molar-refractivity contribution in [3.8, 4) is 11.5 Å². The van der Waals surface area contributed by atoms with Gasteiger partial charge in [-0.15, -0.1) is 0 Å². The van der Waals surface area contributed by atoms with Gasteiger partial charge in [0.1, 0.15) is 0 Å². The maximum atomic E-state index is 12.8. The van der Waals surface area contributed by atoms with E-state index < -0.39 is 15.4 Å². The minimum atomic E-state index is -3.45. The molecule has 5 nitrogen and oxygen atoms in total. The summed E-state index contributed by atoms with van der Waals surface area (Å²) in [5, 5.41) is 13.4. The first-order chi connectivity index (χ1) is 10.4. The Morgan fingerprint density at radius 2 is 2.09 bits per heavy atom. The van der Waals surface area contributed by atoms with E-state index in [0.29, 0.717) is 17.9 Å². The van der Waals surface area contributed by atoms with Crippen molar-refractivity contribution in [3.05, 3.63) is 17.7 Å². The normalized spacial score (nSPS) is 23.6. The Labute approximate surface area is 132 Å². The second-order valence-corrected chi connectivity index (χ2v) is 7.94. The molecular formula is C16H25NO4S. The van der Waals surface area contributed by atoms with E-state index in [4.69, 9.17) is 4.74 Å². The maximum Gasteiger partial charge on any atom is 0.180 e. The topological polar surface area (TPSA) is 75.6 Å². The molecule has 0 saturated carbocycles. The van der Waals surface area contributed by atoms with Crippen LogP contribution < -0.4 is 10.1 Å². The van der Waals surface area contributed by atoms with Crippen LogP contribution in [0.25, 0.3) is 0 Å². The fraction of sp³-hybridized carbons (Fsp3) is 0.625. The van der Waals surface area contributed by atoms with Crippen LogP contribution in [0.2, 0.25) is 0 Å². The number of aromatic hydroxyl groups is 1. The van der Waals surface area contributed by atoms with Gasteiger partial charge in [0.2, 0.25) is 0 Å². The average molecular weight is 327 g/mol. The van der Waals surface area contributed by atoms with Crippen LogP contribution in [0, 0.1) is 0 Å². The Balaban J connectivity index is 2.47. The second kappa shape index (κ2) is 6.46. The number of hydrogen-bond acceptors (Lipinski definition) is 5. The van der Waals surface area contributed by atoms with Gasteiger partial charge in [0.15, 0.2) is 21.3 Å². The van der Waals surface area contributed by atoms with E-state index in [1.165, 1.54) is 13.2 Å². The van der Waals surface area contributed by atoms with Crippen molar-refractivity contribution in [1.82, 2.24) is 5.32 Å². The Kier molecular flexibility index (Phi) is 5.02. The van der Waals surface area contributed by atoms with E-state index in [-0.39, 0.29) is 16.4 Å². The summed E-state index contributed by atoms with van der Waals surface area (Å²) in [7, 11) is -2.00. The first-order valence-corrected chi connectivity index (χ1v) is 9.40. The predicted octanol–water partition coefficient (Wildman–Crippen LogP) is 2.62. The molecule has 0 aliphatic carbocycles. The molecular weight excluding hydrogens is 302 g/mol. The van der Waals surface area contributed by atoms with Crippen LogP contribution in [0.5, 0.6) is 11.5 Å². The summed E-state index contributed by atoms with van der Waals surface area (Å²) >= 11 is 0. The predicted molar refractivity (Wildman–Crippen MR) is 86.1 cm³/mol. The van der Waals surface area contributed by atoms with E-state index >= 15 is 0 Å². The summed E-state index contributed by atoms with van der Waals surface area (Å²) in [4.78, 5) is 0.213. The lowest BCUT2D eigenvalue weighted by atomic mass is 9.91. The van der Waals surface area contributed by atoms with Crippen LogP contribution in [-0.4, -0.2) is 31.9 Å². The molecule has 0 radical (unpaired) electrons. The van der Waals surface area contributed by atoms with Crippen LogP contribution in [0.15, 0.2) is 17.0 Å². The molecule has 2 rings (SSSR count). The molecule has 0 amide bonds. The molecule has 0 unspecified atom stereocenters. The second-order valence-electron chi connectivity index (χ2n) is 5.98. The molecule has 6 heteroatoms. The molecule has 1 aliphatic heterocycles. The molecule has 1 aliphatic rings. The summed E-state index contributed by atoms with van der Waals surface area (Å²) < 4.78 is 30.7. The minimum absolute atomic E-state index is 0.0648. The molecule has 1 heterocycles. The number of unbranched alkanes of at least 4 members (excludes halogenated alkanes) is 1. The van der Waals surface area contributed by atoms with Gasteiger partial charge >= 0.3 is 0 Å². The Hall–Kier alpha value is -1.27. The Bertz CT molecular complexity index is 642. The largest absolute Gasteiger partial charge is 0.504 e. The molecule has 2 N–H and O–H groups in total. The number of fused-ring (bicyclic) bond motifs is 1. The van der Waals surface area contributed by atoms with Gasteiger partial charge in [0, 0.05) is 18.2 Å². The van der Waals surface area contributed by atoms with Gasteiger partial charge in [0.05, 0.1) is 17.8 Å². The van der Waals surface area contributed by atoms with Gasteiger partial charge in [0.25, 0.3) is 0 Å². The van der Waals surface area contributed by atoms with Crippen molar-refractivity contribution < 1.29 is 18.3 Å². The summed E-state index contributed by atoms with van der Waals surface area (Å²) in [6.07, 6.45) is 3.60. The summed E-state index contributed by atoms with van der Waals surface area (Å²) in [5.41, 5.74) is 0.248. The number of nitrogens with one attached hydrogen (secondary N) is 1. The first-order valence-electron chi connectivity index (χ1n) is 7.75. The molecule has 0 fully saturated rings. The number of ether oxygens (including phenoxy) is 1. The molecule has 0 aromatic heterocycles. The highest BCUT2D eigenvalue weighted by Crippen LogP contribution is 2.36. The monoisotopic (exact) mass is 327 g/mol. The van der Waals surface area contributed by atoms with Crippen molar-refractivity contribution in [2.75, 3.05) is 12.9 Å². The number of methoxy groups -OCH3 is 1. The highest BCUT2D eigenvalue weighted by molar-refractivity contribution is 7.91. The number of phenolic OH excluding ortho intramolecular Hbond substituents is 1. The van der Waals surface area contributed by atoms with Crippen molar-refractivity contribution in [2.45, 2.75) is 56.5 Å². The quantitative estimate of drug-likeness (QED) is 0.869. The van der Waals surface area contributed by atoms with Gasteiger partial charge in [-0.2, -0.15) is 0 Å². The highest BCUT2D eigenvalue weighted by atomic mass is 32.2. The fourth-order valence-electron chi connectivity index (χ4n) is 3.04. The molecule has 1 aromatic carbocycles. The van der Waals surface area contributed by atoms with E-state index in [2.05, 4.69) is 12.2 Å². The summed E-state index contributed by atoms with van der Waals surface area (Å²) in [5.74, 6) is 0.227. The van der Waals surface area contributed by atoms with Crippen molar-refractivity contribution >= 4 is 9.84 Å². The van der Waals surface area contributed by atoms with Crippen LogP contribution in [0.4, 0.5) is 0 Å². The van der Waals surface area contributed by atoms with Crippen molar-refractivity contribution in [2.24, 2.45) is 0 Å².